The molecule has 0 saturated carbocycles. The summed E-state index contributed by atoms with van der Waals surface area (Å²) in [6, 6.07) is 16.5. The zero-order chi connectivity index (χ0) is 26.6. The molecule has 1 atom stereocenters. The van der Waals surface area contributed by atoms with E-state index in [0.717, 1.165) is 23.3 Å². The summed E-state index contributed by atoms with van der Waals surface area (Å²) in [5.74, 6) is -1.10. The molecule has 4 rings (SSSR count). The monoisotopic (exact) mass is 530 g/mol. The highest BCUT2D eigenvalue weighted by molar-refractivity contribution is 7.89. The van der Waals surface area contributed by atoms with E-state index in [-0.39, 0.29) is 23.2 Å². The summed E-state index contributed by atoms with van der Waals surface area (Å²) in [6.07, 6.45) is 0. The highest BCUT2D eigenvalue weighted by atomic mass is 35.5. The SMILES string of the molecule is CC(=O)O.CC1C(=O)N(Cc2ccc(C(=N)N)cc2)CCN1S(=O)(=O)c1ccc2cc(Cl)ccc2c1. The van der Waals surface area contributed by atoms with E-state index in [9.17, 15) is 13.2 Å². The number of amides is 1. The van der Waals surface area contributed by atoms with Crippen LogP contribution in [0.4, 0.5) is 0 Å². The first-order valence-electron chi connectivity index (χ1n) is 11.0. The number of carbonyl (C=O) groups excluding carboxylic acids is 1. The molecule has 4 N–H and O–H groups in total. The average molecular weight is 531 g/mol. The van der Waals surface area contributed by atoms with E-state index in [1.165, 1.54) is 4.31 Å². The smallest absolute Gasteiger partial charge is 0.300 e. The van der Waals surface area contributed by atoms with Crippen molar-refractivity contribution in [1.82, 2.24) is 9.21 Å². The van der Waals surface area contributed by atoms with Crippen LogP contribution in [0.1, 0.15) is 25.0 Å². The summed E-state index contributed by atoms with van der Waals surface area (Å²) in [6.45, 7) is 3.57. The number of carboxylic acids is 1. The number of nitrogens with zero attached hydrogens (tertiary/aromatic N) is 2. The summed E-state index contributed by atoms with van der Waals surface area (Å²) in [4.78, 5) is 23.8. The molecule has 11 heteroatoms. The van der Waals surface area contributed by atoms with Crippen LogP contribution >= 0.6 is 11.6 Å². The van der Waals surface area contributed by atoms with Crippen molar-refractivity contribution in [2.45, 2.75) is 31.3 Å². The Hall–Kier alpha value is -3.47. The Bertz CT molecular complexity index is 1410. The van der Waals surface area contributed by atoms with E-state index in [1.54, 1.807) is 60.4 Å². The highest BCUT2D eigenvalue weighted by Gasteiger charge is 2.39. The van der Waals surface area contributed by atoms with Gasteiger partial charge in [-0.15, -0.1) is 0 Å². The number of fused-ring (bicyclic) bond motifs is 1. The van der Waals surface area contributed by atoms with Gasteiger partial charge < -0.3 is 15.7 Å². The van der Waals surface area contributed by atoms with Gasteiger partial charge in [-0.3, -0.25) is 15.0 Å². The second-order valence-electron chi connectivity index (χ2n) is 8.33. The lowest BCUT2D eigenvalue weighted by molar-refractivity contribution is -0.139. The van der Waals surface area contributed by atoms with Crippen LogP contribution in [0.5, 0.6) is 0 Å². The van der Waals surface area contributed by atoms with E-state index in [4.69, 9.17) is 32.6 Å². The van der Waals surface area contributed by atoms with Crippen molar-refractivity contribution in [3.05, 3.63) is 76.8 Å². The number of sulfonamides is 1. The molecule has 1 aliphatic rings. The number of piperazine rings is 1. The number of rotatable bonds is 5. The molecule has 36 heavy (non-hydrogen) atoms. The maximum absolute atomic E-state index is 13.3. The van der Waals surface area contributed by atoms with Gasteiger partial charge >= 0.3 is 0 Å². The fraction of sp³-hybridized carbons (Fsp3) is 0.240. The Balaban J connectivity index is 0.000000840. The zero-order valence-corrected chi connectivity index (χ0v) is 21.4. The Morgan fingerprint density at radius 2 is 1.67 bits per heavy atom. The number of hydrogen-bond donors (Lipinski definition) is 3. The summed E-state index contributed by atoms with van der Waals surface area (Å²) in [5, 5.41) is 17.1. The molecule has 0 aromatic heterocycles. The third kappa shape index (κ3) is 6.20. The van der Waals surface area contributed by atoms with Crippen LogP contribution in [0.25, 0.3) is 10.8 Å². The predicted molar refractivity (Wildman–Crippen MR) is 138 cm³/mol. The molecule has 1 fully saturated rings. The molecular weight excluding hydrogens is 504 g/mol. The second kappa shape index (κ2) is 11.1. The van der Waals surface area contributed by atoms with Crippen LogP contribution in [-0.2, 0) is 26.2 Å². The van der Waals surface area contributed by atoms with Crippen LogP contribution in [-0.4, -0.2) is 59.6 Å². The Labute approximate surface area is 214 Å². The topological polar surface area (TPSA) is 145 Å². The van der Waals surface area contributed by atoms with Crippen molar-refractivity contribution in [2.24, 2.45) is 5.73 Å². The van der Waals surface area contributed by atoms with Crippen molar-refractivity contribution in [3.8, 4) is 0 Å². The largest absolute Gasteiger partial charge is 0.481 e. The van der Waals surface area contributed by atoms with Crippen LogP contribution in [0.2, 0.25) is 5.02 Å². The third-order valence-electron chi connectivity index (χ3n) is 5.71. The van der Waals surface area contributed by atoms with Crippen molar-refractivity contribution in [1.29, 1.82) is 5.41 Å². The molecule has 0 bridgehead atoms. The Kier molecular flexibility index (Phi) is 8.34. The first-order chi connectivity index (χ1) is 16.9. The molecular formula is C25H27ClN4O5S. The number of halogens is 1. The summed E-state index contributed by atoms with van der Waals surface area (Å²) in [5.41, 5.74) is 6.98. The number of nitrogens with one attached hydrogen (secondary N) is 1. The number of aliphatic carboxylic acids is 1. The highest BCUT2D eigenvalue weighted by Crippen LogP contribution is 2.27. The number of carbonyl (C=O) groups is 2. The normalized spacial score (nSPS) is 16.4. The summed E-state index contributed by atoms with van der Waals surface area (Å²) < 4.78 is 27.9. The molecule has 0 aliphatic carbocycles. The van der Waals surface area contributed by atoms with E-state index >= 15 is 0 Å². The van der Waals surface area contributed by atoms with Gasteiger partial charge in [0.05, 0.1) is 4.90 Å². The van der Waals surface area contributed by atoms with Gasteiger partial charge in [-0.1, -0.05) is 48.0 Å². The molecule has 9 nitrogen and oxygen atoms in total. The number of benzene rings is 3. The minimum absolute atomic E-state index is 0.0168. The first-order valence-corrected chi connectivity index (χ1v) is 12.8. The fourth-order valence-corrected chi connectivity index (χ4v) is 5.69. The van der Waals surface area contributed by atoms with Gasteiger partial charge in [0.2, 0.25) is 15.9 Å². The van der Waals surface area contributed by atoms with Crippen LogP contribution in [0, 0.1) is 5.41 Å². The molecule has 1 unspecified atom stereocenters. The molecule has 1 amide bonds. The maximum atomic E-state index is 13.3. The molecule has 1 aliphatic heterocycles. The van der Waals surface area contributed by atoms with Crippen LogP contribution < -0.4 is 5.73 Å². The lowest BCUT2D eigenvalue weighted by Gasteiger charge is -2.38. The zero-order valence-electron chi connectivity index (χ0n) is 19.8. The maximum Gasteiger partial charge on any atom is 0.300 e. The number of hydrogen-bond acceptors (Lipinski definition) is 5. The van der Waals surface area contributed by atoms with Crippen molar-refractivity contribution in [2.75, 3.05) is 13.1 Å². The second-order valence-corrected chi connectivity index (χ2v) is 10.7. The van der Waals surface area contributed by atoms with Crippen LogP contribution in [0.3, 0.4) is 0 Å². The molecule has 1 saturated heterocycles. The summed E-state index contributed by atoms with van der Waals surface area (Å²) in [7, 11) is -3.84. The third-order valence-corrected chi connectivity index (χ3v) is 7.91. The Morgan fingerprint density at radius 3 is 2.28 bits per heavy atom. The van der Waals surface area contributed by atoms with Gasteiger partial charge in [0.25, 0.3) is 5.97 Å². The van der Waals surface area contributed by atoms with Gasteiger partial charge in [-0.05, 0) is 47.5 Å². The molecule has 0 spiro atoms. The first kappa shape index (κ1) is 27.1. The van der Waals surface area contributed by atoms with E-state index in [1.807, 2.05) is 12.1 Å². The summed E-state index contributed by atoms with van der Waals surface area (Å²) >= 11 is 6.01. The quantitative estimate of drug-likeness (QED) is 0.341. The number of amidine groups is 1. The molecule has 3 aromatic carbocycles. The predicted octanol–water partition coefficient (Wildman–Crippen LogP) is 3.29. The molecule has 190 valence electrons. The minimum atomic E-state index is -3.84. The average Bonchev–Trinajstić information content (AvgIpc) is 2.81. The minimum Gasteiger partial charge on any atom is -0.481 e. The van der Waals surface area contributed by atoms with Gasteiger partial charge in [0.1, 0.15) is 11.9 Å². The molecule has 0 radical (unpaired) electrons. The van der Waals surface area contributed by atoms with Crippen molar-refractivity contribution < 1.29 is 23.1 Å². The van der Waals surface area contributed by atoms with Gasteiger partial charge in [0.15, 0.2) is 0 Å². The number of nitrogens with two attached hydrogens (primary N) is 1. The van der Waals surface area contributed by atoms with Gasteiger partial charge in [-0.25, -0.2) is 8.42 Å². The fourth-order valence-electron chi connectivity index (χ4n) is 3.90. The molecule has 3 aromatic rings. The standard InChI is InChI=1S/C23H23ClN4O3S.C2H4O2/c1-15-23(29)27(14-16-2-4-17(5-3-16)22(25)26)10-11-28(15)32(30,31)21-9-7-18-12-20(24)8-6-19(18)13-21;1-2(3)4/h2-9,12-13,15H,10-11,14H2,1H3,(H3,25,26);1H3,(H,3,4). The van der Waals surface area contributed by atoms with Crippen LogP contribution in [0.15, 0.2) is 65.6 Å². The van der Waals surface area contributed by atoms with Crippen molar-refractivity contribution >= 4 is 50.1 Å². The lowest BCUT2D eigenvalue weighted by Crippen LogP contribution is -2.57. The van der Waals surface area contributed by atoms with E-state index in [2.05, 4.69) is 0 Å². The lowest BCUT2D eigenvalue weighted by atomic mass is 10.1. The number of nitrogen functional groups attached to an aromatic ring is 1. The van der Waals surface area contributed by atoms with Gasteiger partial charge in [0, 0.05) is 37.1 Å². The molecule has 1 heterocycles. The van der Waals surface area contributed by atoms with E-state index in [0.29, 0.717) is 23.7 Å². The Morgan fingerprint density at radius 1 is 1.08 bits per heavy atom. The van der Waals surface area contributed by atoms with Gasteiger partial charge in [-0.2, -0.15) is 4.31 Å². The van der Waals surface area contributed by atoms with E-state index < -0.39 is 22.0 Å². The number of carboxylic acid groups (broad SMARTS) is 1. The van der Waals surface area contributed by atoms with Crippen molar-refractivity contribution in [3.63, 3.8) is 0 Å².